The number of rotatable bonds is 3. The average molecular weight is 330 g/mol. The minimum atomic E-state index is -1.63. The molecule has 1 aromatic rings. The smallest absolute Gasteiger partial charge is 0.414 e. The Kier molecular flexibility index (Phi) is 4.27. The minimum absolute atomic E-state index is 0.110. The number of ether oxygens (including phenoxy) is 2. The molecule has 8 heteroatoms. The molecular formula is C14H13ClFNO5. The Bertz CT molecular complexity index is 675. The predicted molar refractivity (Wildman–Crippen MR) is 74.7 cm³/mol. The van der Waals surface area contributed by atoms with E-state index in [-0.39, 0.29) is 17.2 Å². The highest BCUT2D eigenvalue weighted by atomic mass is 35.5. The van der Waals surface area contributed by atoms with E-state index in [1.165, 1.54) is 19.1 Å². The number of hydrogen-bond acceptors (Lipinski definition) is 5. The van der Waals surface area contributed by atoms with Gasteiger partial charge in [-0.1, -0.05) is 17.7 Å². The molecule has 1 atom stereocenters. The molecule has 118 valence electrons. The van der Waals surface area contributed by atoms with Crippen molar-refractivity contribution >= 4 is 23.5 Å². The third-order valence-corrected chi connectivity index (χ3v) is 3.42. The van der Waals surface area contributed by atoms with E-state index >= 15 is 0 Å². The Morgan fingerprint density at radius 1 is 1.55 bits per heavy atom. The highest BCUT2D eigenvalue weighted by molar-refractivity contribution is 6.30. The largest absolute Gasteiger partial charge is 0.501 e. The monoisotopic (exact) mass is 329 g/mol. The van der Waals surface area contributed by atoms with Crippen molar-refractivity contribution in [2.75, 3.05) is 6.61 Å². The molecule has 0 saturated carbocycles. The van der Waals surface area contributed by atoms with Gasteiger partial charge in [0, 0.05) is 5.56 Å². The number of carbonyl (C=O) groups excluding carboxylic acids is 2. The number of alkyl carbamates (subject to hydrolysis) is 1. The fourth-order valence-electron chi connectivity index (χ4n) is 1.96. The Labute approximate surface area is 130 Å². The van der Waals surface area contributed by atoms with Crippen molar-refractivity contribution in [1.29, 1.82) is 0 Å². The summed E-state index contributed by atoms with van der Waals surface area (Å²) < 4.78 is 23.2. The van der Waals surface area contributed by atoms with Gasteiger partial charge < -0.3 is 14.6 Å². The van der Waals surface area contributed by atoms with E-state index in [4.69, 9.17) is 16.3 Å². The molecule has 0 aromatic heterocycles. The van der Waals surface area contributed by atoms with Crippen molar-refractivity contribution in [3.05, 3.63) is 46.2 Å². The number of hydrogen-bond donors (Lipinski definition) is 2. The van der Waals surface area contributed by atoms with Crippen LogP contribution in [0, 0.1) is 5.82 Å². The molecule has 0 radical (unpaired) electrons. The van der Waals surface area contributed by atoms with Crippen LogP contribution in [0.25, 0.3) is 0 Å². The first kappa shape index (κ1) is 16.1. The van der Waals surface area contributed by atoms with Gasteiger partial charge in [0.15, 0.2) is 5.60 Å². The van der Waals surface area contributed by atoms with Crippen molar-refractivity contribution in [3.63, 3.8) is 0 Å². The first-order valence-electron chi connectivity index (χ1n) is 6.36. The third kappa shape index (κ3) is 2.71. The summed E-state index contributed by atoms with van der Waals surface area (Å²) in [6.07, 6.45) is -0.877. The molecule has 0 fully saturated rings. The number of ketones is 1. The quantitative estimate of drug-likeness (QED) is 0.890. The molecule has 22 heavy (non-hydrogen) atoms. The van der Waals surface area contributed by atoms with Crippen molar-refractivity contribution in [2.45, 2.75) is 19.4 Å². The van der Waals surface area contributed by atoms with Gasteiger partial charge in [0.05, 0.1) is 11.6 Å². The molecule has 2 rings (SSSR count). The Morgan fingerprint density at radius 3 is 2.82 bits per heavy atom. The van der Waals surface area contributed by atoms with Crippen LogP contribution in [-0.2, 0) is 19.9 Å². The molecule has 1 aliphatic rings. The van der Waals surface area contributed by atoms with E-state index in [1.807, 2.05) is 0 Å². The lowest BCUT2D eigenvalue weighted by atomic mass is 9.91. The summed E-state index contributed by atoms with van der Waals surface area (Å²) in [6, 6.07) is 3.60. The van der Waals surface area contributed by atoms with Gasteiger partial charge in [-0.15, -0.1) is 0 Å². The van der Waals surface area contributed by atoms with Gasteiger partial charge in [-0.3, -0.25) is 10.1 Å². The summed E-state index contributed by atoms with van der Waals surface area (Å²) in [4.78, 5) is 23.6. The molecule has 0 bridgehead atoms. The number of Topliss-reactive ketones (excluding diaryl/α,β-unsaturated/α-hetero) is 1. The van der Waals surface area contributed by atoms with E-state index in [9.17, 15) is 19.1 Å². The van der Waals surface area contributed by atoms with E-state index in [0.717, 1.165) is 6.07 Å². The standard InChI is InChI=1S/C14H13ClFNO5/c1-3-21-13(20)17-12-10(18)11(19)14(2,22-12)7-4-5-9(16)8(15)6-7/h4-6,18H,3H2,1-2H3,(H,17,20). The van der Waals surface area contributed by atoms with Gasteiger partial charge in [-0.2, -0.15) is 0 Å². The zero-order valence-electron chi connectivity index (χ0n) is 11.8. The van der Waals surface area contributed by atoms with Gasteiger partial charge in [-0.25, -0.2) is 9.18 Å². The second-order valence-corrected chi connectivity index (χ2v) is 5.02. The lowest BCUT2D eigenvalue weighted by molar-refractivity contribution is -0.131. The fourth-order valence-corrected chi connectivity index (χ4v) is 2.14. The molecule has 0 saturated heterocycles. The summed E-state index contributed by atoms with van der Waals surface area (Å²) in [5.41, 5.74) is -1.40. The fraction of sp³-hybridized carbons (Fsp3) is 0.286. The summed E-state index contributed by atoms with van der Waals surface area (Å²) in [5, 5.41) is 11.8. The first-order chi connectivity index (χ1) is 10.3. The van der Waals surface area contributed by atoms with Crippen LogP contribution in [0.15, 0.2) is 29.8 Å². The van der Waals surface area contributed by atoms with E-state index < -0.39 is 34.9 Å². The molecule has 1 amide bonds. The zero-order chi connectivity index (χ0) is 16.5. The highest BCUT2D eigenvalue weighted by Gasteiger charge is 2.48. The lowest BCUT2D eigenvalue weighted by Crippen LogP contribution is -2.32. The molecule has 1 aromatic carbocycles. The van der Waals surface area contributed by atoms with Gasteiger partial charge in [0.25, 0.3) is 5.78 Å². The second-order valence-electron chi connectivity index (χ2n) is 4.62. The van der Waals surface area contributed by atoms with E-state index in [1.54, 1.807) is 6.92 Å². The first-order valence-corrected chi connectivity index (χ1v) is 6.73. The van der Waals surface area contributed by atoms with Crippen molar-refractivity contribution < 1.29 is 28.6 Å². The summed E-state index contributed by atoms with van der Waals surface area (Å²) in [7, 11) is 0. The summed E-state index contributed by atoms with van der Waals surface area (Å²) in [6.45, 7) is 3.08. The number of amides is 1. The van der Waals surface area contributed by atoms with Gasteiger partial charge in [0.2, 0.25) is 11.6 Å². The van der Waals surface area contributed by atoms with E-state index in [0.29, 0.717) is 0 Å². The van der Waals surface area contributed by atoms with Crippen molar-refractivity contribution in [3.8, 4) is 0 Å². The highest BCUT2D eigenvalue weighted by Crippen LogP contribution is 2.38. The SMILES string of the molecule is CCOC(=O)NC1=C(O)C(=O)C(C)(c2ccc(F)c(Cl)c2)O1. The van der Waals surface area contributed by atoms with Crippen molar-refractivity contribution in [2.24, 2.45) is 0 Å². The molecular weight excluding hydrogens is 317 g/mol. The third-order valence-electron chi connectivity index (χ3n) is 3.13. The maximum atomic E-state index is 13.2. The molecule has 0 aliphatic carbocycles. The Balaban J connectivity index is 2.29. The van der Waals surface area contributed by atoms with Gasteiger partial charge >= 0.3 is 6.09 Å². The lowest BCUT2D eigenvalue weighted by Gasteiger charge is -2.23. The molecule has 0 spiro atoms. The van der Waals surface area contributed by atoms with Gasteiger partial charge in [0.1, 0.15) is 5.82 Å². The maximum Gasteiger partial charge on any atom is 0.414 e. The van der Waals surface area contributed by atoms with Crippen LogP contribution >= 0.6 is 11.6 Å². The molecule has 6 nitrogen and oxygen atoms in total. The van der Waals surface area contributed by atoms with Crippen LogP contribution in [-0.4, -0.2) is 23.6 Å². The second kappa shape index (κ2) is 5.84. The van der Waals surface area contributed by atoms with Crippen LogP contribution < -0.4 is 5.32 Å². The molecule has 1 unspecified atom stereocenters. The molecule has 1 heterocycles. The molecule has 1 aliphatic heterocycles. The van der Waals surface area contributed by atoms with Crippen LogP contribution in [0.5, 0.6) is 0 Å². The average Bonchev–Trinajstić information content (AvgIpc) is 2.67. The predicted octanol–water partition coefficient (Wildman–Crippen LogP) is 2.77. The van der Waals surface area contributed by atoms with Gasteiger partial charge in [-0.05, 0) is 26.0 Å². The zero-order valence-corrected chi connectivity index (χ0v) is 12.5. The van der Waals surface area contributed by atoms with Crippen LogP contribution in [0.1, 0.15) is 19.4 Å². The number of aliphatic hydroxyl groups excluding tert-OH is 1. The van der Waals surface area contributed by atoms with Crippen LogP contribution in [0.2, 0.25) is 5.02 Å². The summed E-state index contributed by atoms with van der Waals surface area (Å²) >= 11 is 5.69. The number of aliphatic hydroxyl groups is 1. The Hall–Kier alpha value is -2.28. The van der Waals surface area contributed by atoms with Crippen molar-refractivity contribution in [1.82, 2.24) is 5.32 Å². The van der Waals surface area contributed by atoms with Crippen LogP contribution in [0.3, 0.4) is 0 Å². The summed E-state index contributed by atoms with van der Waals surface area (Å²) in [5.74, 6) is -2.62. The van der Waals surface area contributed by atoms with E-state index in [2.05, 4.69) is 10.1 Å². The minimum Gasteiger partial charge on any atom is -0.501 e. The maximum absolute atomic E-state index is 13.2. The number of benzene rings is 1. The molecule has 2 N–H and O–H groups in total. The number of halogens is 2. The van der Waals surface area contributed by atoms with Crippen LogP contribution in [0.4, 0.5) is 9.18 Å². The number of carbonyl (C=O) groups is 2. The normalized spacial score (nSPS) is 20.8. The number of nitrogens with one attached hydrogen (secondary N) is 1. The topological polar surface area (TPSA) is 84.9 Å². The Morgan fingerprint density at radius 2 is 2.23 bits per heavy atom.